The maximum Gasteiger partial charge on any atom is 0.0718 e. The van der Waals surface area contributed by atoms with Crippen LogP contribution in [0.3, 0.4) is 0 Å². The predicted octanol–water partition coefficient (Wildman–Crippen LogP) is 2.88. The van der Waals surface area contributed by atoms with Crippen molar-refractivity contribution in [2.45, 2.75) is 45.4 Å². The summed E-state index contributed by atoms with van der Waals surface area (Å²) in [6, 6.07) is 9.43. The van der Waals surface area contributed by atoms with Crippen LogP contribution in [0, 0.1) is 0 Å². The van der Waals surface area contributed by atoms with E-state index in [4.69, 9.17) is 9.47 Å². The normalized spacial score (nSPS) is 14.8. The number of hydrogen-bond donors (Lipinski definition) is 1. The van der Waals surface area contributed by atoms with E-state index in [0.29, 0.717) is 19.8 Å². The van der Waals surface area contributed by atoms with Crippen molar-refractivity contribution < 1.29 is 9.47 Å². The van der Waals surface area contributed by atoms with Gasteiger partial charge in [-0.3, -0.25) is 0 Å². The molecule has 1 fully saturated rings. The molecule has 1 aromatic carbocycles. The molecule has 0 radical (unpaired) electrons. The van der Waals surface area contributed by atoms with Crippen LogP contribution in [-0.2, 0) is 22.6 Å². The maximum absolute atomic E-state index is 5.57. The molecular weight excluding hydrogens is 238 g/mol. The summed E-state index contributed by atoms with van der Waals surface area (Å²) in [5, 5.41) is 3.52. The lowest BCUT2D eigenvalue weighted by atomic mass is 10.1. The van der Waals surface area contributed by atoms with E-state index in [-0.39, 0.29) is 0 Å². The highest BCUT2D eigenvalue weighted by Crippen LogP contribution is 2.19. The van der Waals surface area contributed by atoms with Gasteiger partial charge in [-0.1, -0.05) is 31.2 Å². The summed E-state index contributed by atoms with van der Waals surface area (Å²) in [5.74, 6) is 0. The fourth-order valence-corrected chi connectivity index (χ4v) is 1.86. The minimum Gasteiger partial charge on any atom is -0.379 e. The average molecular weight is 263 g/mol. The quantitative estimate of drug-likeness (QED) is 0.658. The maximum atomic E-state index is 5.57. The highest BCUT2D eigenvalue weighted by atomic mass is 16.5. The Morgan fingerprint density at radius 1 is 1.00 bits per heavy atom. The standard InChI is InChI=1S/C16H25NO2/c1-2-9-18-10-11-19-13-15-5-3-14(4-6-15)12-17-16-7-8-16/h3-6,16-17H,2,7-13H2,1H3. The van der Waals surface area contributed by atoms with Gasteiger partial charge in [0.15, 0.2) is 0 Å². The highest BCUT2D eigenvalue weighted by molar-refractivity contribution is 5.22. The topological polar surface area (TPSA) is 30.5 Å². The molecule has 0 atom stereocenters. The number of ether oxygens (including phenoxy) is 2. The highest BCUT2D eigenvalue weighted by Gasteiger charge is 2.19. The fourth-order valence-electron chi connectivity index (χ4n) is 1.86. The van der Waals surface area contributed by atoms with Gasteiger partial charge in [0.25, 0.3) is 0 Å². The van der Waals surface area contributed by atoms with Gasteiger partial charge in [0, 0.05) is 19.2 Å². The SMILES string of the molecule is CCCOCCOCc1ccc(CNC2CC2)cc1. The molecule has 0 aliphatic heterocycles. The molecule has 0 amide bonds. The summed E-state index contributed by atoms with van der Waals surface area (Å²) in [7, 11) is 0. The average Bonchev–Trinajstić information content (AvgIpc) is 3.26. The van der Waals surface area contributed by atoms with E-state index in [0.717, 1.165) is 25.6 Å². The van der Waals surface area contributed by atoms with Crippen LogP contribution in [0.5, 0.6) is 0 Å². The van der Waals surface area contributed by atoms with Crippen LogP contribution in [0.15, 0.2) is 24.3 Å². The van der Waals surface area contributed by atoms with E-state index < -0.39 is 0 Å². The van der Waals surface area contributed by atoms with Crippen molar-refractivity contribution in [3.8, 4) is 0 Å². The largest absolute Gasteiger partial charge is 0.379 e. The van der Waals surface area contributed by atoms with E-state index in [9.17, 15) is 0 Å². The third-order valence-electron chi connectivity index (χ3n) is 3.18. The Labute approximate surface area is 116 Å². The Bertz CT molecular complexity index is 346. The monoisotopic (exact) mass is 263 g/mol. The lowest BCUT2D eigenvalue weighted by Crippen LogP contribution is -2.15. The zero-order chi connectivity index (χ0) is 13.3. The summed E-state index contributed by atoms with van der Waals surface area (Å²) >= 11 is 0. The molecule has 0 heterocycles. The molecule has 0 saturated heterocycles. The fraction of sp³-hybridized carbons (Fsp3) is 0.625. The first kappa shape index (κ1) is 14.5. The molecule has 1 aliphatic rings. The van der Waals surface area contributed by atoms with Crippen molar-refractivity contribution in [3.63, 3.8) is 0 Å². The summed E-state index contributed by atoms with van der Waals surface area (Å²) in [5.41, 5.74) is 2.58. The number of nitrogens with one attached hydrogen (secondary N) is 1. The predicted molar refractivity (Wildman–Crippen MR) is 77.1 cm³/mol. The molecule has 0 bridgehead atoms. The first-order chi connectivity index (χ1) is 9.38. The summed E-state index contributed by atoms with van der Waals surface area (Å²) in [4.78, 5) is 0. The van der Waals surface area contributed by atoms with Gasteiger partial charge in [0.2, 0.25) is 0 Å². The number of hydrogen-bond acceptors (Lipinski definition) is 3. The molecule has 0 spiro atoms. The van der Waals surface area contributed by atoms with Crippen molar-refractivity contribution in [1.29, 1.82) is 0 Å². The van der Waals surface area contributed by atoms with E-state index in [1.807, 2.05) is 0 Å². The van der Waals surface area contributed by atoms with Crippen LogP contribution in [0.2, 0.25) is 0 Å². The lowest BCUT2D eigenvalue weighted by molar-refractivity contribution is 0.0408. The summed E-state index contributed by atoms with van der Waals surface area (Å²) < 4.78 is 10.9. The van der Waals surface area contributed by atoms with Crippen LogP contribution in [0.25, 0.3) is 0 Å². The van der Waals surface area contributed by atoms with Crippen molar-refractivity contribution in [1.82, 2.24) is 5.32 Å². The first-order valence-electron chi connectivity index (χ1n) is 7.35. The number of rotatable bonds is 10. The Balaban J connectivity index is 1.58. The molecule has 0 aromatic heterocycles. The molecule has 1 N–H and O–H groups in total. The van der Waals surface area contributed by atoms with Crippen LogP contribution in [-0.4, -0.2) is 25.9 Å². The van der Waals surface area contributed by atoms with Gasteiger partial charge in [-0.25, -0.2) is 0 Å². The van der Waals surface area contributed by atoms with Gasteiger partial charge in [-0.05, 0) is 30.4 Å². The van der Waals surface area contributed by atoms with Crippen molar-refractivity contribution >= 4 is 0 Å². The molecular formula is C16H25NO2. The summed E-state index contributed by atoms with van der Waals surface area (Å²) in [6.45, 7) is 5.96. The Morgan fingerprint density at radius 2 is 1.68 bits per heavy atom. The molecule has 106 valence electrons. The molecule has 3 nitrogen and oxygen atoms in total. The van der Waals surface area contributed by atoms with E-state index in [1.165, 1.54) is 24.0 Å². The van der Waals surface area contributed by atoms with Crippen molar-refractivity contribution in [2.75, 3.05) is 19.8 Å². The lowest BCUT2D eigenvalue weighted by Gasteiger charge is -2.07. The zero-order valence-electron chi connectivity index (χ0n) is 11.9. The van der Waals surface area contributed by atoms with Gasteiger partial charge in [0.1, 0.15) is 0 Å². The van der Waals surface area contributed by atoms with Gasteiger partial charge in [-0.15, -0.1) is 0 Å². The van der Waals surface area contributed by atoms with Gasteiger partial charge in [-0.2, -0.15) is 0 Å². The van der Waals surface area contributed by atoms with E-state index >= 15 is 0 Å². The van der Waals surface area contributed by atoms with Crippen molar-refractivity contribution in [3.05, 3.63) is 35.4 Å². The minimum atomic E-state index is 0.672. The van der Waals surface area contributed by atoms with Gasteiger partial charge < -0.3 is 14.8 Å². The Morgan fingerprint density at radius 3 is 2.37 bits per heavy atom. The molecule has 1 saturated carbocycles. The minimum absolute atomic E-state index is 0.672. The van der Waals surface area contributed by atoms with Crippen LogP contribution in [0.1, 0.15) is 37.3 Å². The van der Waals surface area contributed by atoms with Crippen molar-refractivity contribution in [2.24, 2.45) is 0 Å². The van der Waals surface area contributed by atoms with E-state index in [2.05, 4.69) is 36.5 Å². The van der Waals surface area contributed by atoms with E-state index in [1.54, 1.807) is 0 Å². The smallest absolute Gasteiger partial charge is 0.0718 e. The second-order valence-corrected chi connectivity index (χ2v) is 5.14. The second-order valence-electron chi connectivity index (χ2n) is 5.14. The molecule has 3 heteroatoms. The van der Waals surface area contributed by atoms with Gasteiger partial charge in [0.05, 0.1) is 19.8 Å². The van der Waals surface area contributed by atoms with Crippen LogP contribution in [0.4, 0.5) is 0 Å². The third kappa shape index (κ3) is 6.19. The molecule has 1 aliphatic carbocycles. The third-order valence-corrected chi connectivity index (χ3v) is 3.18. The second kappa shape index (κ2) is 8.31. The zero-order valence-corrected chi connectivity index (χ0v) is 11.9. The molecule has 0 unspecified atom stereocenters. The van der Waals surface area contributed by atoms with Crippen LogP contribution < -0.4 is 5.32 Å². The molecule has 1 aromatic rings. The number of benzene rings is 1. The Hall–Kier alpha value is -0.900. The molecule has 19 heavy (non-hydrogen) atoms. The Kier molecular flexibility index (Phi) is 6.34. The van der Waals surface area contributed by atoms with Gasteiger partial charge >= 0.3 is 0 Å². The molecule has 2 rings (SSSR count). The summed E-state index contributed by atoms with van der Waals surface area (Å²) in [6.07, 6.45) is 3.74. The first-order valence-corrected chi connectivity index (χ1v) is 7.35. The van der Waals surface area contributed by atoms with Crippen LogP contribution >= 0.6 is 0 Å².